The number of nitro groups is 1. The van der Waals surface area contributed by atoms with Crippen molar-refractivity contribution in [3.05, 3.63) is 86.2 Å². The molecule has 3 rings (SSSR count). The first-order valence-corrected chi connectivity index (χ1v) is 8.86. The Morgan fingerprint density at radius 3 is 2.61 bits per heavy atom. The number of carbonyl (C=O) groups excluding carboxylic acids is 1. The van der Waals surface area contributed by atoms with Gasteiger partial charge in [0, 0.05) is 35.3 Å². The van der Waals surface area contributed by atoms with E-state index in [4.69, 9.17) is 0 Å². The van der Waals surface area contributed by atoms with Crippen LogP contribution in [-0.2, 0) is 11.2 Å². The summed E-state index contributed by atoms with van der Waals surface area (Å²) >= 11 is 0. The molecule has 28 heavy (non-hydrogen) atoms. The van der Waals surface area contributed by atoms with E-state index in [1.807, 2.05) is 6.07 Å². The number of aryl methyl sites for hydroxylation is 1. The van der Waals surface area contributed by atoms with Gasteiger partial charge in [-0.3, -0.25) is 19.7 Å². The zero-order valence-corrected chi connectivity index (χ0v) is 15.3. The molecule has 7 nitrogen and oxygen atoms in total. The van der Waals surface area contributed by atoms with E-state index >= 15 is 0 Å². The number of nitrogens with one attached hydrogen (secondary N) is 2. The quantitative estimate of drug-likeness (QED) is 0.384. The number of fused-ring (bicyclic) bond motifs is 1. The molecule has 0 spiro atoms. The van der Waals surface area contributed by atoms with Crippen molar-refractivity contribution < 1.29 is 9.72 Å². The number of rotatable bonds is 6. The van der Waals surface area contributed by atoms with Gasteiger partial charge in [0.25, 0.3) is 5.69 Å². The first-order chi connectivity index (χ1) is 13.5. The van der Waals surface area contributed by atoms with Crippen LogP contribution in [0.3, 0.4) is 0 Å². The Kier molecular flexibility index (Phi) is 5.64. The fourth-order valence-corrected chi connectivity index (χ4v) is 2.95. The molecule has 0 atom stereocenters. The summed E-state index contributed by atoms with van der Waals surface area (Å²) in [6, 6.07) is 12.9. The fraction of sp³-hybridized carbons (Fsp3) is 0.143. The molecule has 2 N–H and O–H groups in total. The van der Waals surface area contributed by atoms with Gasteiger partial charge in [-0.25, -0.2) is 0 Å². The van der Waals surface area contributed by atoms with Crippen molar-refractivity contribution >= 4 is 34.3 Å². The maximum Gasteiger partial charge on any atom is 0.269 e. The SMILES string of the molecule is CCCc1cc(=O)[nH]c2cc(NC(=O)/C=C\c3ccc([N+](=O)[O-])cc3)ccc12. The second-order valence-corrected chi connectivity index (χ2v) is 6.34. The molecule has 0 saturated heterocycles. The van der Waals surface area contributed by atoms with E-state index in [0.717, 1.165) is 23.8 Å². The number of amides is 1. The summed E-state index contributed by atoms with van der Waals surface area (Å²) in [5, 5.41) is 14.4. The summed E-state index contributed by atoms with van der Waals surface area (Å²) in [5.41, 5.74) is 2.72. The second-order valence-electron chi connectivity index (χ2n) is 6.34. The highest BCUT2D eigenvalue weighted by atomic mass is 16.6. The van der Waals surface area contributed by atoms with Crippen LogP contribution in [0.2, 0.25) is 0 Å². The lowest BCUT2D eigenvalue weighted by Gasteiger charge is -2.08. The molecule has 3 aromatic rings. The fourth-order valence-electron chi connectivity index (χ4n) is 2.95. The predicted molar refractivity (Wildman–Crippen MR) is 109 cm³/mol. The molecule has 7 heteroatoms. The van der Waals surface area contributed by atoms with Crippen LogP contribution in [0.4, 0.5) is 11.4 Å². The zero-order valence-electron chi connectivity index (χ0n) is 15.3. The van der Waals surface area contributed by atoms with Crippen molar-refractivity contribution in [2.24, 2.45) is 0 Å². The van der Waals surface area contributed by atoms with Gasteiger partial charge in [0.2, 0.25) is 11.5 Å². The van der Waals surface area contributed by atoms with Crippen LogP contribution in [0.25, 0.3) is 17.0 Å². The third-order valence-corrected chi connectivity index (χ3v) is 4.25. The number of nitrogens with zero attached hydrogens (tertiary/aromatic N) is 1. The first-order valence-electron chi connectivity index (χ1n) is 8.86. The monoisotopic (exact) mass is 377 g/mol. The topological polar surface area (TPSA) is 105 Å². The molecule has 0 aliphatic rings. The van der Waals surface area contributed by atoms with Gasteiger partial charge in [0.05, 0.1) is 10.4 Å². The van der Waals surface area contributed by atoms with Crippen molar-refractivity contribution in [3.8, 4) is 0 Å². The smallest absolute Gasteiger partial charge is 0.269 e. The van der Waals surface area contributed by atoms with Gasteiger partial charge in [-0.15, -0.1) is 0 Å². The molecule has 0 aliphatic heterocycles. The van der Waals surface area contributed by atoms with Gasteiger partial charge in [-0.1, -0.05) is 19.4 Å². The molecule has 0 aliphatic carbocycles. The van der Waals surface area contributed by atoms with E-state index in [9.17, 15) is 19.7 Å². The Bertz CT molecular complexity index is 1110. The summed E-state index contributed by atoms with van der Waals surface area (Å²) in [4.78, 5) is 37.0. The number of hydrogen-bond donors (Lipinski definition) is 2. The molecule has 1 amide bonds. The number of hydrogen-bond acceptors (Lipinski definition) is 4. The van der Waals surface area contributed by atoms with Crippen molar-refractivity contribution in [1.29, 1.82) is 0 Å². The summed E-state index contributed by atoms with van der Waals surface area (Å²) in [6.07, 6.45) is 4.66. The standard InChI is InChI=1S/C21H19N3O4/c1-2-3-15-12-21(26)23-19-13-16(7-10-18(15)19)22-20(25)11-6-14-4-8-17(9-5-14)24(27)28/h4-13H,2-3H2,1H3,(H,22,25)(H,23,26)/b11-6-. The Balaban J connectivity index is 1.75. The van der Waals surface area contributed by atoms with Crippen LogP contribution < -0.4 is 10.9 Å². The highest BCUT2D eigenvalue weighted by Gasteiger charge is 2.06. The number of pyridine rings is 1. The van der Waals surface area contributed by atoms with E-state index in [1.165, 1.54) is 18.2 Å². The van der Waals surface area contributed by atoms with Crippen molar-refractivity contribution in [2.75, 3.05) is 5.32 Å². The van der Waals surface area contributed by atoms with Gasteiger partial charge in [-0.2, -0.15) is 0 Å². The van der Waals surface area contributed by atoms with Crippen LogP contribution in [0.15, 0.2) is 59.4 Å². The molecular weight excluding hydrogens is 358 g/mol. The number of anilines is 1. The van der Waals surface area contributed by atoms with Gasteiger partial charge < -0.3 is 10.3 Å². The van der Waals surface area contributed by atoms with Crippen molar-refractivity contribution in [3.63, 3.8) is 0 Å². The van der Waals surface area contributed by atoms with E-state index in [-0.39, 0.29) is 17.2 Å². The average molecular weight is 377 g/mol. The van der Waals surface area contributed by atoms with Gasteiger partial charge in [-0.05, 0) is 47.9 Å². The number of H-pyrrole nitrogens is 1. The lowest BCUT2D eigenvalue weighted by atomic mass is 10.0. The number of aromatic nitrogens is 1. The highest BCUT2D eigenvalue weighted by Crippen LogP contribution is 2.21. The number of carbonyl (C=O) groups is 1. The third-order valence-electron chi connectivity index (χ3n) is 4.25. The van der Waals surface area contributed by atoms with E-state index in [2.05, 4.69) is 17.2 Å². The summed E-state index contributed by atoms with van der Waals surface area (Å²) < 4.78 is 0. The minimum atomic E-state index is -0.476. The maximum atomic E-state index is 12.2. The van der Waals surface area contributed by atoms with E-state index in [1.54, 1.807) is 36.4 Å². The van der Waals surface area contributed by atoms with Gasteiger partial charge in [0.1, 0.15) is 0 Å². The molecule has 0 fully saturated rings. The first kappa shape index (κ1) is 19.0. The largest absolute Gasteiger partial charge is 0.322 e. The summed E-state index contributed by atoms with van der Waals surface area (Å²) in [7, 11) is 0. The number of benzene rings is 2. The minimum absolute atomic E-state index is 0.00537. The summed E-state index contributed by atoms with van der Waals surface area (Å²) in [6.45, 7) is 2.05. The van der Waals surface area contributed by atoms with Gasteiger partial charge >= 0.3 is 0 Å². The Labute approximate surface area is 160 Å². The third kappa shape index (κ3) is 4.50. The molecule has 0 bridgehead atoms. The summed E-state index contributed by atoms with van der Waals surface area (Å²) in [5.74, 6) is -0.343. The number of aromatic amines is 1. The molecule has 0 unspecified atom stereocenters. The van der Waals surface area contributed by atoms with Crippen molar-refractivity contribution in [1.82, 2.24) is 4.98 Å². The molecule has 0 radical (unpaired) electrons. The number of nitro benzene ring substituents is 1. The van der Waals surface area contributed by atoms with Crippen LogP contribution in [0.1, 0.15) is 24.5 Å². The molecular formula is C21H19N3O4. The van der Waals surface area contributed by atoms with Crippen LogP contribution >= 0.6 is 0 Å². The molecule has 1 aromatic heterocycles. The maximum absolute atomic E-state index is 12.2. The lowest BCUT2D eigenvalue weighted by molar-refractivity contribution is -0.384. The van der Waals surface area contributed by atoms with Crippen LogP contribution in [-0.4, -0.2) is 15.8 Å². The van der Waals surface area contributed by atoms with Crippen LogP contribution in [0.5, 0.6) is 0 Å². The van der Waals surface area contributed by atoms with E-state index < -0.39 is 4.92 Å². The molecule has 1 heterocycles. The Hall–Kier alpha value is -3.74. The Morgan fingerprint density at radius 1 is 1.18 bits per heavy atom. The molecule has 142 valence electrons. The number of non-ortho nitro benzene ring substituents is 1. The van der Waals surface area contributed by atoms with Crippen molar-refractivity contribution in [2.45, 2.75) is 19.8 Å². The van der Waals surface area contributed by atoms with Gasteiger partial charge in [0.15, 0.2) is 0 Å². The lowest BCUT2D eigenvalue weighted by Crippen LogP contribution is -2.09. The highest BCUT2D eigenvalue weighted by molar-refractivity contribution is 6.03. The second kappa shape index (κ2) is 8.30. The Morgan fingerprint density at radius 2 is 1.93 bits per heavy atom. The minimum Gasteiger partial charge on any atom is -0.322 e. The molecule has 0 saturated carbocycles. The average Bonchev–Trinajstić information content (AvgIpc) is 2.66. The normalized spacial score (nSPS) is 11.0. The van der Waals surface area contributed by atoms with Crippen LogP contribution in [0, 0.1) is 10.1 Å². The predicted octanol–water partition coefficient (Wildman–Crippen LogP) is 4.04. The molecule has 2 aromatic carbocycles. The van der Waals surface area contributed by atoms with E-state index in [0.29, 0.717) is 16.8 Å². The zero-order chi connectivity index (χ0) is 20.1.